The lowest BCUT2D eigenvalue weighted by Gasteiger charge is -2.29. The fraction of sp³-hybridized carbons (Fsp3) is 0.263. The molecule has 9 heteroatoms. The number of primary amides is 1. The van der Waals surface area contributed by atoms with Crippen molar-refractivity contribution in [3.8, 4) is 0 Å². The summed E-state index contributed by atoms with van der Waals surface area (Å²) in [5.74, 6) is -0.323. The van der Waals surface area contributed by atoms with Crippen LogP contribution in [0, 0.1) is 6.92 Å². The van der Waals surface area contributed by atoms with Crippen LogP contribution in [0.1, 0.15) is 33.1 Å². The Bertz CT molecular complexity index is 1120. The van der Waals surface area contributed by atoms with E-state index in [0.29, 0.717) is 31.7 Å². The minimum absolute atomic E-state index is 0.0907. The van der Waals surface area contributed by atoms with E-state index in [2.05, 4.69) is 15.2 Å². The van der Waals surface area contributed by atoms with Crippen LogP contribution >= 0.6 is 11.6 Å². The molecule has 0 saturated carbocycles. The van der Waals surface area contributed by atoms with E-state index in [4.69, 9.17) is 17.3 Å². The van der Waals surface area contributed by atoms with Gasteiger partial charge in [0.25, 0.3) is 11.5 Å². The monoisotopic (exact) mass is 398 g/mol. The zero-order valence-electron chi connectivity index (χ0n) is 15.3. The zero-order chi connectivity index (χ0) is 19.8. The van der Waals surface area contributed by atoms with Crippen molar-refractivity contribution < 1.29 is 4.79 Å². The van der Waals surface area contributed by atoms with Crippen molar-refractivity contribution >= 4 is 23.2 Å². The molecule has 0 atom stereocenters. The number of halogens is 1. The Morgan fingerprint density at radius 3 is 2.89 bits per heavy atom. The molecule has 28 heavy (non-hydrogen) atoms. The number of carbonyl (C=O) groups is 1. The van der Waals surface area contributed by atoms with Crippen LogP contribution in [0.25, 0.3) is 0 Å². The van der Waals surface area contributed by atoms with E-state index in [1.807, 2.05) is 40.7 Å². The molecule has 0 bridgehead atoms. The number of anilines is 1. The van der Waals surface area contributed by atoms with Crippen molar-refractivity contribution in [2.45, 2.75) is 26.4 Å². The largest absolute Gasteiger partial charge is 0.363 e. The number of rotatable bonds is 4. The first kappa shape index (κ1) is 18.2. The van der Waals surface area contributed by atoms with Gasteiger partial charge in [0, 0.05) is 25.2 Å². The van der Waals surface area contributed by atoms with Gasteiger partial charge in [-0.15, -0.1) is 0 Å². The Hall–Kier alpha value is -3.13. The Morgan fingerprint density at radius 1 is 1.36 bits per heavy atom. The predicted octanol–water partition coefficient (Wildman–Crippen LogP) is 1.64. The number of H-pyrrole nitrogens is 1. The molecule has 144 valence electrons. The Balaban J connectivity index is 1.72. The van der Waals surface area contributed by atoms with Crippen LogP contribution in [0.15, 0.2) is 35.3 Å². The number of nitrogens with zero attached hydrogens (tertiary/aromatic N) is 4. The SMILES string of the molecule is Cc1ccccc1Cn1c(C(N)=O)nc2c1CCN(c1cn[nH]c(=O)c1Cl)C2. The average molecular weight is 399 g/mol. The number of aromatic nitrogens is 4. The standard InChI is InChI=1S/C19H19ClN6O2/c1-11-4-2-3-5-12(11)9-26-14-6-7-25(10-13(14)23-18(26)17(21)27)15-8-22-24-19(28)16(15)20/h2-5,8H,6-7,9-10H2,1H3,(H2,21,27)(H,24,28). The molecule has 3 N–H and O–H groups in total. The zero-order valence-corrected chi connectivity index (χ0v) is 16.0. The Labute approximate surface area is 166 Å². The van der Waals surface area contributed by atoms with Gasteiger partial charge in [-0.2, -0.15) is 5.10 Å². The van der Waals surface area contributed by atoms with Crippen LogP contribution in [0.3, 0.4) is 0 Å². The third kappa shape index (κ3) is 3.16. The Morgan fingerprint density at radius 2 is 2.14 bits per heavy atom. The summed E-state index contributed by atoms with van der Waals surface area (Å²) in [6.07, 6.45) is 2.17. The molecule has 3 aromatic rings. The first-order chi connectivity index (χ1) is 13.5. The minimum atomic E-state index is -0.564. The van der Waals surface area contributed by atoms with E-state index in [-0.39, 0.29) is 10.8 Å². The summed E-state index contributed by atoms with van der Waals surface area (Å²) in [5.41, 5.74) is 9.68. The molecule has 0 saturated heterocycles. The smallest absolute Gasteiger partial charge is 0.285 e. The highest BCUT2D eigenvalue weighted by Crippen LogP contribution is 2.28. The molecule has 1 aliphatic rings. The van der Waals surface area contributed by atoms with Crippen molar-refractivity contribution in [2.24, 2.45) is 5.73 Å². The van der Waals surface area contributed by atoms with Gasteiger partial charge < -0.3 is 15.2 Å². The lowest BCUT2D eigenvalue weighted by atomic mass is 10.1. The third-order valence-electron chi connectivity index (χ3n) is 5.04. The first-order valence-corrected chi connectivity index (χ1v) is 9.24. The maximum absolute atomic E-state index is 12.0. The van der Waals surface area contributed by atoms with Crippen molar-refractivity contribution in [3.05, 3.63) is 74.2 Å². The second kappa shape index (κ2) is 7.12. The van der Waals surface area contributed by atoms with Crippen LogP contribution in [0.2, 0.25) is 5.02 Å². The lowest BCUT2D eigenvalue weighted by molar-refractivity contribution is 0.0986. The number of nitrogens with one attached hydrogen (secondary N) is 1. The number of benzene rings is 1. The highest BCUT2D eigenvalue weighted by molar-refractivity contribution is 6.33. The molecule has 0 unspecified atom stereocenters. The number of amides is 1. The summed E-state index contributed by atoms with van der Waals surface area (Å²) in [7, 11) is 0. The predicted molar refractivity (Wildman–Crippen MR) is 106 cm³/mol. The van der Waals surface area contributed by atoms with E-state index in [9.17, 15) is 9.59 Å². The van der Waals surface area contributed by atoms with E-state index in [1.54, 1.807) is 0 Å². The number of nitrogens with two attached hydrogens (primary N) is 1. The van der Waals surface area contributed by atoms with Gasteiger partial charge in [0.2, 0.25) is 0 Å². The molecule has 2 aromatic heterocycles. The summed E-state index contributed by atoms with van der Waals surface area (Å²) in [6, 6.07) is 8.02. The van der Waals surface area contributed by atoms with Crippen LogP contribution < -0.4 is 16.2 Å². The lowest BCUT2D eigenvalue weighted by Crippen LogP contribution is -2.33. The summed E-state index contributed by atoms with van der Waals surface area (Å²) in [6.45, 7) is 3.60. The van der Waals surface area contributed by atoms with E-state index < -0.39 is 11.5 Å². The molecule has 8 nitrogen and oxygen atoms in total. The number of hydrogen-bond donors (Lipinski definition) is 2. The summed E-state index contributed by atoms with van der Waals surface area (Å²) >= 11 is 6.14. The first-order valence-electron chi connectivity index (χ1n) is 8.86. The van der Waals surface area contributed by atoms with Gasteiger partial charge in [-0.25, -0.2) is 10.1 Å². The molecule has 0 spiro atoms. The molecule has 1 aromatic carbocycles. The van der Waals surface area contributed by atoms with Crippen LogP contribution in [-0.4, -0.2) is 32.2 Å². The fourth-order valence-electron chi connectivity index (χ4n) is 3.56. The normalized spacial score (nSPS) is 13.4. The highest BCUT2D eigenvalue weighted by Gasteiger charge is 2.27. The average Bonchev–Trinajstić information content (AvgIpc) is 3.04. The highest BCUT2D eigenvalue weighted by atomic mass is 35.5. The summed E-state index contributed by atoms with van der Waals surface area (Å²) in [5, 5.41) is 6.23. The van der Waals surface area contributed by atoms with Gasteiger partial charge in [-0.3, -0.25) is 9.59 Å². The second-order valence-electron chi connectivity index (χ2n) is 6.78. The van der Waals surface area contributed by atoms with Crippen LogP contribution in [-0.2, 0) is 19.5 Å². The summed E-state index contributed by atoms with van der Waals surface area (Å²) < 4.78 is 1.90. The summed E-state index contributed by atoms with van der Waals surface area (Å²) in [4.78, 5) is 30.2. The fourth-order valence-corrected chi connectivity index (χ4v) is 3.77. The van der Waals surface area contributed by atoms with E-state index in [1.165, 1.54) is 6.20 Å². The molecule has 3 heterocycles. The number of hydrogen-bond acceptors (Lipinski definition) is 5. The maximum atomic E-state index is 12.0. The minimum Gasteiger partial charge on any atom is -0.363 e. The van der Waals surface area contributed by atoms with Crippen molar-refractivity contribution in [1.29, 1.82) is 0 Å². The molecule has 0 aliphatic carbocycles. The third-order valence-corrected chi connectivity index (χ3v) is 5.41. The molecule has 4 rings (SSSR count). The van der Waals surface area contributed by atoms with E-state index >= 15 is 0 Å². The topological polar surface area (TPSA) is 110 Å². The van der Waals surface area contributed by atoms with Crippen LogP contribution in [0.4, 0.5) is 5.69 Å². The molecule has 0 fully saturated rings. The molecule has 0 radical (unpaired) electrons. The molecular weight excluding hydrogens is 380 g/mol. The quantitative estimate of drug-likeness (QED) is 0.694. The van der Waals surface area contributed by atoms with Crippen LogP contribution in [0.5, 0.6) is 0 Å². The molecule has 1 amide bonds. The second-order valence-corrected chi connectivity index (χ2v) is 7.15. The number of aromatic amines is 1. The van der Waals surface area contributed by atoms with Gasteiger partial charge in [0.05, 0.1) is 24.1 Å². The van der Waals surface area contributed by atoms with Gasteiger partial charge in [-0.05, 0) is 18.1 Å². The number of carbonyl (C=O) groups excluding carboxylic acids is 1. The van der Waals surface area contributed by atoms with Gasteiger partial charge in [-0.1, -0.05) is 35.9 Å². The number of imidazole rings is 1. The number of aryl methyl sites for hydroxylation is 1. The van der Waals surface area contributed by atoms with Crippen molar-refractivity contribution in [3.63, 3.8) is 0 Å². The molecular formula is C19H19ClN6O2. The van der Waals surface area contributed by atoms with Crippen molar-refractivity contribution in [1.82, 2.24) is 19.7 Å². The van der Waals surface area contributed by atoms with Gasteiger partial charge in [0.1, 0.15) is 5.02 Å². The van der Waals surface area contributed by atoms with Gasteiger partial charge in [0.15, 0.2) is 5.82 Å². The molecule has 1 aliphatic heterocycles. The number of fused-ring (bicyclic) bond motifs is 1. The van der Waals surface area contributed by atoms with E-state index in [0.717, 1.165) is 22.5 Å². The maximum Gasteiger partial charge on any atom is 0.285 e. The van der Waals surface area contributed by atoms with Gasteiger partial charge >= 0.3 is 0 Å². The Kier molecular flexibility index (Phi) is 4.64. The van der Waals surface area contributed by atoms with Crippen molar-refractivity contribution in [2.75, 3.05) is 11.4 Å².